The SMILES string of the molecule is CC[C@H](C)NC(=O)NC(=O)COC(=O)CCc1cc(OC)cc(OC)c1. The highest BCUT2D eigenvalue weighted by atomic mass is 16.5. The predicted octanol–water partition coefficient (Wildman–Crippen LogP) is 1.80. The Morgan fingerprint density at radius 3 is 2.23 bits per heavy atom. The van der Waals surface area contributed by atoms with E-state index >= 15 is 0 Å². The van der Waals surface area contributed by atoms with E-state index in [9.17, 15) is 14.4 Å². The van der Waals surface area contributed by atoms with Crippen LogP contribution in [0.2, 0.25) is 0 Å². The van der Waals surface area contributed by atoms with E-state index in [1.807, 2.05) is 13.8 Å². The molecule has 1 rings (SSSR count). The standard InChI is InChI=1S/C18H26N2O6/c1-5-12(2)19-18(23)20-16(21)11-26-17(22)7-6-13-8-14(24-3)10-15(9-13)25-4/h8-10,12H,5-7,11H2,1-4H3,(H2,19,20,21,23)/t12-/m0/s1. The number of urea groups is 1. The number of carbonyl (C=O) groups excluding carboxylic acids is 3. The Balaban J connectivity index is 2.38. The molecular formula is C18H26N2O6. The first-order chi connectivity index (χ1) is 12.4. The van der Waals surface area contributed by atoms with Crippen molar-refractivity contribution < 1.29 is 28.6 Å². The van der Waals surface area contributed by atoms with E-state index in [4.69, 9.17) is 14.2 Å². The average molecular weight is 366 g/mol. The van der Waals surface area contributed by atoms with Crippen molar-refractivity contribution in [2.24, 2.45) is 0 Å². The molecule has 8 heteroatoms. The van der Waals surface area contributed by atoms with Crippen LogP contribution in [0.25, 0.3) is 0 Å². The molecule has 0 aliphatic rings. The summed E-state index contributed by atoms with van der Waals surface area (Å²) in [5.41, 5.74) is 0.843. The fourth-order valence-electron chi connectivity index (χ4n) is 2.00. The molecule has 0 bridgehead atoms. The number of ether oxygens (including phenoxy) is 3. The molecule has 0 saturated carbocycles. The zero-order chi connectivity index (χ0) is 19.5. The summed E-state index contributed by atoms with van der Waals surface area (Å²) in [6.07, 6.45) is 1.23. The highest BCUT2D eigenvalue weighted by Crippen LogP contribution is 2.23. The zero-order valence-corrected chi connectivity index (χ0v) is 15.6. The highest BCUT2D eigenvalue weighted by Gasteiger charge is 2.12. The van der Waals surface area contributed by atoms with Gasteiger partial charge in [0.25, 0.3) is 5.91 Å². The van der Waals surface area contributed by atoms with Crippen molar-refractivity contribution in [1.29, 1.82) is 0 Å². The molecule has 1 aromatic rings. The molecule has 1 aromatic carbocycles. The van der Waals surface area contributed by atoms with Gasteiger partial charge in [-0.15, -0.1) is 0 Å². The predicted molar refractivity (Wildman–Crippen MR) is 95.3 cm³/mol. The second-order valence-corrected chi connectivity index (χ2v) is 5.71. The number of benzene rings is 1. The molecule has 8 nitrogen and oxygen atoms in total. The molecule has 0 spiro atoms. The molecule has 2 N–H and O–H groups in total. The van der Waals surface area contributed by atoms with Gasteiger partial charge >= 0.3 is 12.0 Å². The second kappa shape index (κ2) is 11.0. The maximum atomic E-state index is 11.8. The summed E-state index contributed by atoms with van der Waals surface area (Å²) in [4.78, 5) is 34.9. The highest BCUT2D eigenvalue weighted by molar-refractivity contribution is 5.95. The van der Waals surface area contributed by atoms with Crippen molar-refractivity contribution >= 4 is 17.9 Å². The normalized spacial score (nSPS) is 11.2. The molecule has 26 heavy (non-hydrogen) atoms. The minimum Gasteiger partial charge on any atom is -0.497 e. The number of carbonyl (C=O) groups is 3. The fourth-order valence-corrected chi connectivity index (χ4v) is 2.00. The number of hydrogen-bond donors (Lipinski definition) is 2. The topological polar surface area (TPSA) is 103 Å². The molecule has 144 valence electrons. The van der Waals surface area contributed by atoms with Gasteiger partial charge in [0.05, 0.1) is 14.2 Å². The van der Waals surface area contributed by atoms with Crippen LogP contribution in [0.3, 0.4) is 0 Å². The third-order valence-corrected chi connectivity index (χ3v) is 3.64. The third kappa shape index (κ3) is 7.87. The van der Waals surface area contributed by atoms with E-state index < -0.39 is 24.5 Å². The third-order valence-electron chi connectivity index (χ3n) is 3.64. The summed E-state index contributed by atoms with van der Waals surface area (Å²) in [5.74, 6) is 0.0327. The van der Waals surface area contributed by atoms with Crippen molar-refractivity contribution in [1.82, 2.24) is 10.6 Å². The molecular weight excluding hydrogens is 340 g/mol. The Morgan fingerprint density at radius 1 is 1.08 bits per heavy atom. The molecule has 0 aliphatic carbocycles. The number of esters is 1. The first kappa shape index (κ1) is 21.3. The molecule has 0 fully saturated rings. The van der Waals surface area contributed by atoms with E-state index in [1.165, 1.54) is 0 Å². The van der Waals surface area contributed by atoms with Crippen LogP contribution in [0.15, 0.2) is 18.2 Å². The summed E-state index contributed by atoms with van der Waals surface area (Å²) < 4.78 is 15.2. The second-order valence-electron chi connectivity index (χ2n) is 5.71. The van der Waals surface area contributed by atoms with E-state index in [0.717, 1.165) is 12.0 Å². The molecule has 0 unspecified atom stereocenters. The van der Waals surface area contributed by atoms with Gasteiger partial charge in [0.15, 0.2) is 6.61 Å². The van der Waals surface area contributed by atoms with Gasteiger partial charge in [-0.05, 0) is 37.5 Å². The average Bonchev–Trinajstić information content (AvgIpc) is 2.63. The number of amides is 3. The summed E-state index contributed by atoms with van der Waals surface area (Å²) in [6, 6.07) is 4.66. The molecule has 0 aliphatic heterocycles. The van der Waals surface area contributed by atoms with Crippen molar-refractivity contribution in [2.75, 3.05) is 20.8 Å². The molecule has 0 radical (unpaired) electrons. The summed E-state index contributed by atoms with van der Waals surface area (Å²) in [5, 5.41) is 4.69. The van der Waals surface area contributed by atoms with Gasteiger partial charge in [-0.2, -0.15) is 0 Å². The minimum absolute atomic E-state index is 0.0507. The lowest BCUT2D eigenvalue weighted by Gasteiger charge is -2.12. The smallest absolute Gasteiger partial charge is 0.321 e. The van der Waals surface area contributed by atoms with Crippen LogP contribution in [-0.4, -0.2) is 44.8 Å². The summed E-state index contributed by atoms with van der Waals surface area (Å²) in [7, 11) is 3.09. The molecule has 0 heterocycles. The molecule has 1 atom stereocenters. The number of nitrogens with one attached hydrogen (secondary N) is 2. The Labute approximate surface area is 153 Å². The first-order valence-corrected chi connectivity index (χ1v) is 8.35. The summed E-state index contributed by atoms with van der Waals surface area (Å²) in [6.45, 7) is 3.22. The summed E-state index contributed by atoms with van der Waals surface area (Å²) >= 11 is 0. The van der Waals surface area contributed by atoms with E-state index in [2.05, 4.69) is 10.6 Å². The van der Waals surface area contributed by atoms with Crippen LogP contribution in [-0.2, 0) is 20.7 Å². The van der Waals surface area contributed by atoms with Gasteiger partial charge in [-0.25, -0.2) is 4.79 Å². The molecule has 3 amide bonds. The quantitative estimate of drug-likeness (QED) is 0.646. The number of hydrogen-bond acceptors (Lipinski definition) is 6. The van der Waals surface area contributed by atoms with Crippen molar-refractivity contribution in [3.63, 3.8) is 0 Å². The Hall–Kier alpha value is -2.77. The molecule has 0 aromatic heterocycles. The van der Waals surface area contributed by atoms with Gasteiger partial charge < -0.3 is 19.5 Å². The monoisotopic (exact) mass is 366 g/mol. The Kier molecular flexibility index (Phi) is 8.97. The van der Waals surface area contributed by atoms with Crippen LogP contribution in [0.4, 0.5) is 4.79 Å². The lowest BCUT2D eigenvalue weighted by atomic mass is 10.1. The maximum absolute atomic E-state index is 11.8. The van der Waals surface area contributed by atoms with Crippen LogP contribution >= 0.6 is 0 Å². The molecule has 0 saturated heterocycles. The minimum atomic E-state index is -0.679. The Morgan fingerprint density at radius 2 is 1.69 bits per heavy atom. The lowest BCUT2D eigenvalue weighted by molar-refractivity contribution is -0.148. The first-order valence-electron chi connectivity index (χ1n) is 8.35. The van der Waals surface area contributed by atoms with Gasteiger partial charge in [0, 0.05) is 18.5 Å². The fraction of sp³-hybridized carbons (Fsp3) is 0.500. The van der Waals surface area contributed by atoms with Gasteiger partial charge in [-0.3, -0.25) is 14.9 Å². The van der Waals surface area contributed by atoms with Crippen molar-refractivity contribution in [3.05, 3.63) is 23.8 Å². The van der Waals surface area contributed by atoms with Gasteiger partial charge in [-0.1, -0.05) is 6.92 Å². The van der Waals surface area contributed by atoms with Crippen molar-refractivity contribution in [3.8, 4) is 11.5 Å². The zero-order valence-electron chi connectivity index (χ0n) is 15.6. The van der Waals surface area contributed by atoms with Gasteiger partial charge in [0.2, 0.25) is 0 Å². The van der Waals surface area contributed by atoms with E-state index in [0.29, 0.717) is 17.9 Å². The maximum Gasteiger partial charge on any atom is 0.321 e. The van der Waals surface area contributed by atoms with Crippen LogP contribution in [0.1, 0.15) is 32.3 Å². The number of rotatable bonds is 9. The van der Waals surface area contributed by atoms with Crippen LogP contribution in [0, 0.1) is 0 Å². The van der Waals surface area contributed by atoms with Crippen LogP contribution in [0.5, 0.6) is 11.5 Å². The Bertz CT molecular complexity index is 610. The number of imide groups is 1. The van der Waals surface area contributed by atoms with Crippen molar-refractivity contribution in [2.45, 2.75) is 39.2 Å². The largest absolute Gasteiger partial charge is 0.497 e. The van der Waals surface area contributed by atoms with E-state index in [-0.39, 0.29) is 12.5 Å². The van der Waals surface area contributed by atoms with Crippen LogP contribution < -0.4 is 20.1 Å². The van der Waals surface area contributed by atoms with E-state index in [1.54, 1.807) is 32.4 Å². The number of methoxy groups -OCH3 is 2. The lowest BCUT2D eigenvalue weighted by Crippen LogP contribution is -2.44. The van der Waals surface area contributed by atoms with Gasteiger partial charge in [0.1, 0.15) is 11.5 Å². The number of aryl methyl sites for hydroxylation is 1.